The van der Waals surface area contributed by atoms with E-state index in [9.17, 15) is 13.5 Å². The Labute approximate surface area is 116 Å². The summed E-state index contributed by atoms with van der Waals surface area (Å²) in [5.41, 5.74) is 0.498. The van der Waals surface area contributed by atoms with Crippen molar-refractivity contribution < 1.29 is 13.5 Å². The quantitative estimate of drug-likeness (QED) is 0.911. The highest BCUT2D eigenvalue weighted by Crippen LogP contribution is 2.21. The number of aromatic hydroxyl groups is 1. The van der Waals surface area contributed by atoms with Crippen LogP contribution in [0.3, 0.4) is 0 Å². The molecule has 4 nitrogen and oxygen atoms in total. The van der Waals surface area contributed by atoms with Gasteiger partial charge in [0.2, 0.25) is 10.0 Å². The first-order valence-corrected chi connectivity index (χ1v) is 7.38. The number of sulfonamides is 1. The smallest absolute Gasteiger partial charge is 0.242 e. The summed E-state index contributed by atoms with van der Waals surface area (Å²) in [6.07, 6.45) is 0. The van der Waals surface area contributed by atoms with Crippen LogP contribution in [-0.2, 0) is 16.6 Å². The summed E-state index contributed by atoms with van der Waals surface area (Å²) >= 11 is 5.85. The number of hydrogen-bond acceptors (Lipinski definition) is 3. The summed E-state index contributed by atoms with van der Waals surface area (Å²) in [6.45, 7) is 0.000228. The number of rotatable bonds is 4. The third kappa shape index (κ3) is 3.26. The zero-order valence-corrected chi connectivity index (χ0v) is 11.4. The van der Waals surface area contributed by atoms with E-state index in [-0.39, 0.29) is 22.2 Å². The normalized spacial score (nSPS) is 11.4. The van der Waals surface area contributed by atoms with Gasteiger partial charge in [-0.25, -0.2) is 13.1 Å². The Hall–Kier alpha value is -1.56. The van der Waals surface area contributed by atoms with Gasteiger partial charge in [-0.15, -0.1) is 0 Å². The van der Waals surface area contributed by atoms with E-state index in [0.29, 0.717) is 5.56 Å². The number of para-hydroxylation sites is 1. The van der Waals surface area contributed by atoms with Gasteiger partial charge in [-0.3, -0.25) is 0 Å². The van der Waals surface area contributed by atoms with Gasteiger partial charge in [0.1, 0.15) is 10.6 Å². The van der Waals surface area contributed by atoms with Crippen molar-refractivity contribution in [2.75, 3.05) is 0 Å². The van der Waals surface area contributed by atoms with Crippen molar-refractivity contribution in [2.24, 2.45) is 0 Å². The van der Waals surface area contributed by atoms with Gasteiger partial charge in [0.25, 0.3) is 0 Å². The topological polar surface area (TPSA) is 66.4 Å². The molecule has 19 heavy (non-hydrogen) atoms. The number of benzene rings is 2. The second-order valence-electron chi connectivity index (χ2n) is 3.88. The fourth-order valence-corrected chi connectivity index (χ4v) is 3.10. The molecule has 2 aromatic rings. The van der Waals surface area contributed by atoms with Crippen LogP contribution in [0, 0.1) is 0 Å². The van der Waals surface area contributed by atoms with Crippen molar-refractivity contribution in [3.8, 4) is 5.75 Å². The van der Waals surface area contributed by atoms with Gasteiger partial charge in [0, 0.05) is 12.1 Å². The Bertz CT molecular complexity index is 686. The van der Waals surface area contributed by atoms with Crippen molar-refractivity contribution in [1.29, 1.82) is 0 Å². The zero-order chi connectivity index (χ0) is 13.9. The Morgan fingerprint density at radius 1 is 1.05 bits per heavy atom. The fraction of sp³-hybridized carbons (Fsp3) is 0.0769. The first-order valence-electron chi connectivity index (χ1n) is 5.52. The van der Waals surface area contributed by atoms with E-state index in [1.54, 1.807) is 30.3 Å². The maximum Gasteiger partial charge on any atom is 0.242 e. The molecule has 0 saturated heterocycles. The van der Waals surface area contributed by atoms with Crippen molar-refractivity contribution >= 4 is 21.6 Å². The molecule has 0 saturated carbocycles. The fourth-order valence-electron chi connectivity index (χ4n) is 1.57. The molecule has 2 N–H and O–H groups in total. The summed E-state index contributed by atoms with van der Waals surface area (Å²) in [7, 11) is -3.70. The van der Waals surface area contributed by atoms with E-state index in [4.69, 9.17) is 11.6 Å². The molecule has 6 heteroatoms. The largest absolute Gasteiger partial charge is 0.508 e. The van der Waals surface area contributed by atoms with E-state index in [2.05, 4.69) is 4.72 Å². The van der Waals surface area contributed by atoms with Gasteiger partial charge in [-0.2, -0.15) is 0 Å². The lowest BCUT2D eigenvalue weighted by Gasteiger charge is -2.09. The maximum absolute atomic E-state index is 12.1. The monoisotopic (exact) mass is 297 g/mol. The van der Waals surface area contributed by atoms with E-state index in [1.165, 1.54) is 18.2 Å². The summed E-state index contributed by atoms with van der Waals surface area (Å²) in [5.74, 6) is 0.0457. The lowest BCUT2D eigenvalue weighted by atomic mass is 10.2. The molecule has 0 amide bonds. The summed E-state index contributed by atoms with van der Waals surface area (Å²) in [5, 5.41) is 9.73. The van der Waals surface area contributed by atoms with Crippen LogP contribution in [0.25, 0.3) is 0 Å². The van der Waals surface area contributed by atoms with Crippen molar-refractivity contribution in [1.82, 2.24) is 4.72 Å². The standard InChI is InChI=1S/C13H12ClNO3S/c14-11-6-2-4-8-13(11)19(17,18)15-9-10-5-1-3-7-12(10)16/h1-8,15-16H,9H2. The van der Waals surface area contributed by atoms with Gasteiger partial charge in [-0.1, -0.05) is 41.9 Å². The molecule has 0 radical (unpaired) electrons. The first-order chi connectivity index (χ1) is 9.00. The second kappa shape index (κ2) is 5.61. The highest BCUT2D eigenvalue weighted by molar-refractivity contribution is 7.89. The Morgan fingerprint density at radius 3 is 2.37 bits per heavy atom. The number of nitrogens with one attached hydrogen (secondary N) is 1. The molecule has 0 aliphatic rings. The first kappa shape index (κ1) is 13.9. The molecular formula is C13H12ClNO3S. The van der Waals surface area contributed by atoms with Gasteiger partial charge in [-0.05, 0) is 18.2 Å². The highest BCUT2D eigenvalue weighted by Gasteiger charge is 2.17. The Morgan fingerprint density at radius 2 is 1.68 bits per heavy atom. The van der Waals surface area contributed by atoms with Gasteiger partial charge >= 0.3 is 0 Å². The number of phenols is 1. The predicted octanol–water partition coefficient (Wildman–Crippen LogP) is 2.52. The third-order valence-corrected chi connectivity index (χ3v) is 4.47. The van der Waals surface area contributed by atoms with Crippen LogP contribution in [0.4, 0.5) is 0 Å². The molecule has 2 aromatic carbocycles. The van der Waals surface area contributed by atoms with Gasteiger partial charge in [0.15, 0.2) is 0 Å². The van der Waals surface area contributed by atoms with Crippen molar-refractivity contribution in [3.63, 3.8) is 0 Å². The lowest BCUT2D eigenvalue weighted by Crippen LogP contribution is -2.23. The van der Waals surface area contributed by atoms with Crippen LogP contribution < -0.4 is 4.72 Å². The van der Waals surface area contributed by atoms with Crippen molar-refractivity contribution in [2.45, 2.75) is 11.4 Å². The van der Waals surface area contributed by atoms with Crippen LogP contribution >= 0.6 is 11.6 Å². The lowest BCUT2D eigenvalue weighted by molar-refractivity contribution is 0.467. The molecule has 0 fully saturated rings. The number of halogens is 1. The zero-order valence-electron chi connectivity index (χ0n) is 9.88. The molecule has 0 aliphatic heterocycles. The Kier molecular flexibility index (Phi) is 4.09. The maximum atomic E-state index is 12.1. The van der Waals surface area contributed by atoms with E-state index < -0.39 is 10.0 Å². The molecule has 0 unspecified atom stereocenters. The summed E-state index contributed by atoms with van der Waals surface area (Å²) < 4.78 is 26.5. The number of hydrogen-bond donors (Lipinski definition) is 2. The predicted molar refractivity (Wildman–Crippen MR) is 73.6 cm³/mol. The summed E-state index contributed by atoms with van der Waals surface area (Å²) in [4.78, 5) is 0.0205. The molecule has 0 aliphatic carbocycles. The van der Waals surface area contributed by atoms with Crippen LogP contribution in [0.15, 0.2) is 53.4 Å². The summed E-state index contributed by atoms with van der Waals surface area (Å²) in [6, 6.07) is 12.7. The molecule has 0 atom stereocenters. The minimum absolute atomic E-state index is 0.000228. The minimum Gasteiger partial charge on any atom is -0.508 e. The molecule has 0 bridgehead atoms. The average molecular weight is 298 g/mol. The molecular weight excluding hydrogens is 286 g/mol. The molecule has 2 rings (SSSR count). The van der Waals surface area contributed by atoms with Crippen LogP contribution in [0.2, 0.25) is 5.02 Å². The molecule has 0 heterocycles. The van der Waals surface area contributed by atoms with Gasteiger partial charge < -0.3 is 5.11 Å². The van der Waals surface area contributed by atoms with E-state index in [1.807, 2.05) is 0 Å². The van der Waals surface area contributed by atoms with E-state index >= 15 is 0 Å². The van der Waals surface area contributed by atoms with Crippen LogP contribution in [0.5, 0.6) is 5.75 Å². The molecule has 100 valence electrons. The second-order valence-corrected chi connectivity index (χ2v) is 6.03. The molecule has 0 spiro atoms. The SMILES string of the molecule is O=S(=O)(NCc1ccccc1O)c1ccccc1Cl. The number of phenolic OH excluding ortho intramolecular Hbond substituents is 1. The van der Waals surface area contributed by atoms with Crippen LogP contribution in [-0.4, -0.2) is 13.5 Å². The third-order valence-electron chi connectivity index (χ3n) is 2.57. The van der Waals surface area contributed by atoms with Gasteiger partial charge in [0.05, 0.1) is 5.02 Å². The highest BCUT2D eigenvalue weighted by atomic mass is 35.5. The van der Waals surface area contributed by atoms with E-state index in [0.717, 1.165) is 0 Å². The molecule has 0 aromatic heterocycles. The Balaban J connectivity index is 2.20. The van der Waals surface area contributed by atoms with Crippen molar-refractivity contribution in [3.05, 3.63) is 59.1 Å². The minimum atomic E-state index is -3.70. The van der Waals surface area contributed by atoms with Crippen LogP contribution in [0.1, 0.15) is 5.56 Å². The average Bonchev–Trinajstić information content (AvgIpc) is 2.38.